The van der Waals surface area contributed by atoms with Crippen molar-refractivity contribution >= 4 is 17.4 Å². The van der Waals surface area contributed by atoms with Gasteiger partial charge in [-0.25, -0.2) is 4.39 Å². The van der Waals surface area contributed by atoms with Gasteiger partial charge < -0.3 is 4.74 Å². The van der Waals surface area contributed by atoms with Gasteiger partial charge in [0.05, 0.1) is 5.69 Å². The van der Waals surface area contributed by atoms with E-state index in [0.29, 0.717) is 42.8 Å². The topological polar surface area (TPSA) is 46.6 Å². The summed E-state index contributed by atoms with van der Waals surface area (Å²) in [4.78, 5) is 27.8. The summed E-state index contributed by atoms with van der Waals surface area (Å²) >= 11 is 0. The molecule has 0 saturated heterocycles. The van der Waals surface area contributed by atoms with Crippen molar-refractivity contribution in [3.8, 4) is 5.75 Å². The van der Waals surface area contributed by atoms with Crippen molar-refractivity contribution in [2.75, 3.05) is 4.90 Å². The third kappa shape index (κ3) is 4.26. The summed E-state index contributed by atoms with van der Waals surface area (Å²) < 4.78 is 19.9. The molecule has 1 unspecified atom stereocenters. The van der Waals surface area contributed by atoms with Crippen molar-refractivity contribution in [2.45, 2.75) is 45.1 Å². The number of ketones is 1. The molecule has 0 spiro atoms. The molecule has 1 heterocycles. The van der Waals surface area contributed by atoms with Gasteiger partial charge in [-0.3, -0.25) is 14.5 Å². The van der Waals surface area contributed by atoms with E-state index in [9.17, 15) is 14.0 Å². The minimum Gasteiger partial charge on any atom is -0.489 e. The summed E-state index contributed by atoms with van der Waals surface area (Å²) in [5, 5.41) is 0. The largest absolute Gasteiger partial charge is 0.489 e. The molecule has 1 aliphatic carbocycles. The number of benzene rings is 3. The third-order valence-corrected chi connectivity index (χ3v) is 6.68. The van der Waals surface area contributed by atoms with E-state index in [0.717, 1.165) is 16.9 Å². The van der Waals surface area contributed by atoms with Crippen LogP contribution in [0.3, 0.4) is 0 Å². The van der Waals surface area contributed by atoms with Crippen LogP contribution in [0.5, 0.6) is 5.75 Å². The minimum atomic E-state index is -0.405. The maximum atomic E-state index is 13.9. The Bertz CT molecular complexity index is 1280. The van der Waals surface area contributed by atoms with E-state index in [1.54, 1.807) is 17.0 Å². The van der Waals surface area contributed by atoms with Gasteiger partial charge in [0.15, 0.2) is 5.78 Å². The Kier molecular flexibility index (Phi) is 6.01. The number of anilines is 1. The highest BCUT2D eigenvalue weighted by molar-refractivity contribution is 6.07. The standard InChI is InChI=1S/C29H26FNO3/c1-19-6-2-3-7-21(19)18-34-24-14-12-20(13-15-24)25-17-28(33)31(23-9-4-8-22(30)16-23)26-10-5-11-27(32)29(25)26/h2-4,6-9,12-16,25H,5,10-11,17-18H2,1H3. The van der Waals surface area contributed by atoms with Gasteiger partial charge in [-0.15, -0.1) is 0 Å². The molecule has 3 aromatic rings. The van der Waals surface area contributed by atoms with Crippen molar-refractivity contribution in [1.82, 2.24) is 0 Å². The SMILES string of the molecule is Cc1ccccc1COc1ccc(C2CC(=O)N(c3cccc(F)c3)C3=C2C(=O)CCC3)cc1. The summed E-state index contributed by atoms with van der Waals surface area (Å²) in [6.07, 6.45) is 1.95. The Morgan fingerprint density at radius 3 is 2.53 bits per heavy atom. The van der Waals surface area contributed by atoms with Crippen LogP contribution in [0.4, 0.5) is 10.1 Å². The third-order valence-electron chi connectivity index (χ3n) is 6.68. The van der Waals surface area contributed by atoms with Crippen molar-refractivity contribution in [2.24, 2.45) is 0 Å². The fourth-order valence-corrected chi connectivity index (χ4v) is 4.92. The van der Waals surface area contributed by atoms with Gasteiger partial charge >= 0.3 is 0 Å². The molecule has 0 saturated carbocycles. The van der Waals surface area contributed by atoms with Crippen LogP contribution in [0, 0.1) is 12.7 Å². The van der Waals surface area contributed by atoms with Crippen molar-refractivity contribution < 1.29 is 18.7 Å². The number of ether oxygens (including phenoxy) is 1. The molecule has 0 fully saturated rings. The molecule has 1 atom stereocenters. The van der Waals surface area contributed by atoms with Crippen LogP contribution in [-0.4, -0.2) is 11.7 Å². The molecule has 0 N–H and O–H groups in total. The van der Waals surface area contributed by atoms with Gasteiger partial charge in [0.25, 0.3) is 0 Å². The summed E-state index contributed by atoms with van der Waals surface area (Å²) in [6, 6.07) is 21.8. The number of amides is 1. The predicted octanol–water partition coefficient (Wildman–Crippen LogP) is 6.24. The highest BCUT2D eigenvalue weighted by Gasteiger charge is 2.39. The number of halogens is 1. The van der Waals surface area contributed by atoms with Crippen molar-refractivity contribution in [1.29, 1.82) is 0 Å². The van der Waals surface area contributed by atoms with Crippen LogP contribution < -0.4 is 9.64 Å². The molecule has 0 bridgehead atoms. The van der Waals surface area contributed by atoms with E-state index < -0.39 is 5.82 Å². The maximum Gasteiger partial charge on any atom is 0.232 e. The number of carbonyl (C=O) groups excluding carboxylic acids is 2. The smallest absolute Gasteiger partial charge is 0.232 e. The molecule has 3 aromatic carbocycles. The zero-order valence-electron chi connectivity index (χ0n) is 19.1. The summed E-state index contributed by atoms with van der Waals surface area (Å²) in [5.41, 5.74) is 5.10. The maximum absolute atomic E-state index is 13.9. The molecule has 4 nitrogen and oxygen atoms in total. The van der Waals surface area contributed by atoms with Crippen molar-refractivity contribution in [3.63, 3.8) is 0 Å². The van der Waals surface area contributed by atoms with Gasteiger partial charge in [0.1, 0.15) is 18.2 Å². The average molecular weight is 456 g/mol. The van der Waals surface area contributed by atoms with Crippen molar-refractivity contribution in [3.05, 3.63) is 107 Å². The number of carbonyl (C=O) groups is 2. The summed E-state index contributed by atoms with van der Waals surface area (Å²) in [6.45, 7) is 2.53. The minimum absolute atomic E-state index is 0.0695. The Labute approximate surface area is 198 Å². The van der Waals surface area contributed by atoms with Crippen LogP contribution in [-0.2, 0) is 16.2 Å². The monoisotopic (exact) mass is 455 g/mol. The van der Waals surface area contributed by atoms with E-state index in [2.05, 4.69) is 13.0 Å². The molecule has 1 amide bonds. The Morgan fingerprint density at radius 1 is 0.971 bits per heavy atom. The fraction of sp³-hybridized carbons (Fsp3) is 0.241. The molecule has 2 aliphatic rings. The predicted molar refractivity (Wildman–Crippen MR) is 129 cm³/mol. The van der Waals surface area contributed by atoms with E-state index in [-0.39, 0.29) is 24.0 Å². The summed E-state index contributed by atoms with van der Waals surface area (Å²) in [5.74, 6) is -0.0211. The first-order valence-electron chi connectivity index (χ1n) is 11.6. The van der Waals surface area contributed by atoms with Crippen LogP contribution in [0.1, 0.15) is 48.3 Å². The molecule has 0 aromatic heterocycles. The van der Waals surface area contributed by atoms with E-state index in [1.165, 1.54) is 17.7 Å². The van der Waals surface area contributed by atoms with Crippen LogP contribution in [0.2, 0.25) is 0 Å². The van der Waals surface area contributed by atoms with Gasteiger partial charge in [0, 0.05) is 30.0 Å². The lowest BCUT2D eigenvalue weighted by Crippen LogP contribution is -2.40. The molecule has 0 radical (unpaired) electrons. The van der Waals surface area contributed by atoms with Crippen LogP contribution in [0.25, 0.3) is 0 Å². The Balaban J connectivity index is 1.43. The molecule has 5 heteroatoms. The van der Waals surface area contributed by atoms with Gasteiger partial charge in [-0.2, -0.15) is 0 Å². The summed E-state index contributed by atoms with van der Waals surface area (Å²) in [7, 11) is 0. The van der Waals surface area contributed by atoms with E-state index in [4.69, 9.17) is 4.74 Å². The zero-order chi connectivity index (χ0) is 23.7. The molecule has 5 rings (SSSR count). The fourth-order valence-electron chi connectivity index (χ4n) is 4.92. The van der Waals surface area contributed by atoms with Crippen LogP contribution in [0.15, 0.2) is 84.1 Å². The second-order valence-corrected chi connectivity index (χ2v) is 8.89. The van der Waals surface area contributed by atoms with Gasteiger partial charge in [-0.05, 0) is 66.8 Å². The normalized spacial score (nSPS) is 18.2. The first-order valence-corrected chi connectivity index (χ1v) is 11.6. The average Bonchev–Trinajstić information content (AvgIpc) is 2.83. The number of aryl methyl sites for hydroxylation is 1. The number of Topliss-reactive ketones (excluding diaryl/α,β-unsaturated/α-hetero) is 1. The molecule has 172 valence electrons. The lowest BCUT2D eigenvalue weighted by molar-refractivity contribution is -0.119. The highest BCUT2D eigenvalue weighted by atomic mass is 19.1. The van der Waals surface area contributed by atoms with Gasteiger partial charge in [0.2, 0.25) is 5.91 Å². The molecule has 34 heavy (non-hydrogen) atoms. The first-order chi connectivity index (χ1) is 16.5. The zero-order valence-corrected chi connectivity index (χ0v) is 19.1. The van der Waals surface area contributed by atoms with E-state index in [1.807, 2.05) is 42.5 Å². The molecular formula is C29H26FNO3. The number of nitrogens with zero attached hydrogens (tertiary/aromatic N) is 1. The second-order valence-electron chi connectivity index (χ2n) is 8.89. The highest BCUT2D eigenvalue weighted by Crippen LogP contribution is 2.43. The number of allylic oxidation sites excluding steroid dienone is 2. The molecular weight excluding hydrogens is 429 g/mol. The Hall–Kier alpha value is -3.73. The number of hydrogen-bond donors (Lipinski definition) is 0. The number of hydrogen-bond acceptors (Lipinski definition) is 3. The molecule has 1 aliphatic heterocycles. The first kappa shape index (κ1) is 22.1. The van der Waals surface area contributed by atoms with Gasteiger partial charge in [-0.1, -0.05) is 42.5 Å². The van der Waals surface area contributed by atoms with E-state index >= 15 is 0 Å². The Morgan fingerprint density at radius 2 is 1.76 bits per heavy atom. The number of rotatable bonds is 5. The van der Waals surface area contributed by atoms with Crippen LogP contribution >= 0.6 is 0 Å². The quantitative estimate of drug-likeness (QED) is 0.457. The lowest BCUT2D eigenvalue weighted by Gasteiger charge is -2.38. The second kappa shape index (κ2) is 9.26. The lowest BCUT2D eigenvalue weighted by atomic mass is 9.77.